The van der Waals surface area contributed by atoms with E-state index in [4.69, 9.17) is 17.3 Å². The predicted octanol–water partition coefficient (Wildman–Crippen LogP) is 2.22. The third kappa shape index (κ3) is 5.03. The minimum atomic E-state index is -0.651. The number of carbonyl (C=O) groups is 2. The zero-order valence-electron chi connectivity index (χ0n) is 14.0. The lowest BCUT2D eigenvalue weighted by molar-refractivity contribution is -0.133. The Morgan fingerprint density at radius 1 is 1.29 bits per heavy atom. The van der Waals surface area contributed by atoms with E-state index in [9.17, 15) is 9.59 Å². The van der Waals surface area contributed by atoms with Crippen LogP contribution < -0.4 is 16.0 Å². The number of piperazine rings is 1. The molecule has 0 aromatic heterocycles. The van der Waals surface area contributed by atoms with E-state index in [-0.39, 0.29) is 5.91 Å². The van der Waals surface area contributed by atoms with Gasteiger partial charge in [0.15, 0.2) is 0 Å². The van der Waals surface area contributed by atoms with E-state index in [1.807, 2.05) is 24.3 Å². The van der Waals surface area contributed by atoms with Crippen LogP contribution in [-0.2, 0) is 4.79 Å². The van der Waals surface area contributed by atoms with Crippen molar-refractivity contribution in [3.63, 3.8) is 0 Å². The number of anilines is 1. The van der Waals surface area contributed by atoms with E-state index < -0.39 is 12.1 Å². The van der Waals surface area contributed by atoms with Gasteiger partial charge in [0.2, 0.25) is 5.91 Å². The van der Waals surface area contributed by atoms with Crippen molar-refractivity contribution < 1.29 is 9.59 Å². The summed E-state index contributed by atoms with van der Waals surface area (Å²) in [5, 5.41) is 3.28. The van der Waals surface area contributed by atoms with Crippen LogP contribution in [0.1, 0.15) is 26.2 Å². The van der Waals surface area contributed by atoms with Gasteiger partial charge < -0.3 is 20.9 Å². The summed E-state index contributed by atoms with van der Waals surface area (Å²) < 4.78 is 0. The van der Waals surface area contributed by atoms with Crippen LogP contribution in [0.2, 0.25) is 5.02 Å². The fourth-order valence-electron chi connectivity index (χ4n) is 2.92. The molecule has 3 amide bonds. The lowest BCUT2D eigenvalue weighted by Gasteiger charge is -2.37. The first-order valence-corrected chi connectivity index (χ1v) is 8.74. The first kappa shape index (κ1) is 18.4. The number of hydrogen-bond donors (Lipinski definition) is 2. The second-order valence-corrected chi connectivity index (χ2v) is 6.43. The Balaban J connectivity index is 1.94. The molecule has 0 aliphatic carbocycles. The fourth-order valence-corrected chi connectivity index (χ4v) is 3.10. The Morgan fingerprint density at radius 2 is 2.00 bits per heavy atom. The smallest absolute Gasteiger partial charge is 0.312 e. The van der Waals surface area contributed by atoms with Crippen molar-refractivity contribution >= 4 is 29.2 Å². The molecular formula is C17H25ClN4O2. The summed E-state index contributed by atoms with van der Waals surface area (Å²) in [5.41, 5.74) is 6.27. The van der Waals surface area contributed by atoms with Crippen LogP contribution in [-0.4, -0.2) is 49.1 Å². The Kier molecular flexibility index (Phi) is 6.73. The van der Waals surface area contributed by atoms with Crippen LogP contribution in [0.15, 0.2) is 24.3 Å². The molecule has 1 aliphatic rings. The SMILES string of the molecule is CCCCC(NC(N)=O)C(=O)N1CCN(c2cccc(Cl)c2)CC1. The molecule has 2 rings (SSSR count). The minimum absolute atomic E-state index is 0.0482. The zero-order chi connectivity index (χ0) is 17.5. The lowest BCUT2D eigenvalue weighted by atomic mass is 10.1. The average Bonchev–Trinajstić information content (AvgIpc) is 2.58. The second kappa shape index (κ2) is 8.78. The van der Waals surface area contributed by atoms with Gasteiger partial charge >= 0.3 is 6.03 Å². The largest absolute Gasteiger partial charge is 0.368 e. The van der Waals surface area contributed by atoms with Crippen LogP contribution in [0.25, 0.3) is 0 Å². The monoisotopic (exact) mass is 352 g/mol. The molecule has 1 aromatic rings. The van der Waals surface area contributed by atoms with Crippen molar-refractivity contribution in [2.45, 2.75) is 32.2 Å². The number of nitrogens with one attached hydrogen (secondary N) is 1. The highest BCUT2D eigenvalue weighted by Crippen LogP contribution is 2.21. The van der Waals surface area contributed by atoms with Gasteiger partial charge in [-0.1, -0.05) is 37.4 Å². The number of hydrogen-bond acceptors (Lipinski definition) is 3. The van der Waals surface area contributed by atoms with Gasteiger partial charge in [0.05, 0.1) is 0 Å². The van der Waals surface area contributed by atoms with Crippen LogP contribution in [0.3, 0.4) is 0 Å². The molecule has 0 radical (unpaired) electrons. The highest BCUT2D eigenvalue weighted by atomic mass is 35.5. The highest BCUT2D eigenvalue weighted by Gasteiger charge is 2.28. The Morgan fingerprint density at radius 3 is 2.58 bits per heavy atom. The fraction of sp³-hybridized carbons (Fsp3) is 0.529. The molecular weight excluding hydrogens is 328 g/mol. The van der Waals surface area contributed by atoms with Crippen molar-refractivity contribution in [3.05, 3.63) is 29.3 Å². The summed E-state index contributed by atoms with van der Waals surface area (Å²) in [6.07, 6.45) is 2.46. The van der Waals surface area contributed by atoms with Gasteiger partial charge in [0.1, 0.15) is 6.04 Å². The quantitative estimate of drug-likeness (QED) is 0.823. The van der Waals surface area contributed by atoms with Crippen LogP contribution >= 0.6 is 11.6 Å². The molecule has 1 fully saturated rings. The van der Waals surface area contributed by atoms with Crippen LogP contribution in [0.5, 0.6) is 0 Å². The number of unbranched alkanes of at least 4 members (excludes halogenated alkanes) is 1. The van der Waals surface area contributed by atoms with Gasteiger partial charge in [0, 0.05) is 36.9 Å². The number of halogens is 1. The molecule has 1 aliphatic heterocycles. The molecule has 1 unspecified atom stereocenters. The number of rotatable bonds is 6. The van der Waals surface area contributed by atoms with Crippen molar-refractivity contribution in [3.8, 4) is 0 Å². The molecule has 1 aromatic carbocycles. The molecule has 0 bridgehead atoms. The number of urea groups is 1. The molecule has 3 N–H and O–H groups in total. The van der Waals surface area contributed by atoms with E-state index in [1.165, 1.54) is 0 Å². The normalized spacial score (nSPS) is 15.9. The molecule has 1 atom stereocenters. The molecule has 0 saturated carbocycles. The first-order chi connectivity index (χ1) is 11.5. The van der Waals surface area contributed by atoms with E-state index in [0.717, 1.165) is 31.6 Å². The summed E-state index contributed by atoms with van der Waals surface area (Å²) in [5.74, 6) is -0.0482. The van der Waals surface area contributed by atoms with Gasteiger partial charge in [-0.3, -0.25) is 4.79 Å². The summed E-state index contributed by atoms with van der Waals surface area (Å²) in [7, 11) is 0. The maximum atomic E-state index is 12.7. The van der Waals surface area contributed by atoms with Gasteiger partial charge in [-0.2, -0.15) is 0 Å². The van der Waals surface area contributed by atoms with E-state index in [0.29, 0.717) is 24.5 Å². The molecule has 132 valence electrons. The van der Waals surface area contributed by atoms with Crippen molar-refractivity contribution in [1.29, 1.82) is 0 Å². The van der Waals surface area contributed by atoms with Crippen molar-refractivity contribution in [2.75, 3.05) is 31.1 Å². The van der Waals surface area contributed by atoms with Crippen molar-refractivity contribution in [2.24, 2.45) is 5.73 Å². The lowest BCUT2D eigenvalue weighted by Crippen LogP contribution is -2.55. The maximum absolute atomic E-state index is 12.7. The molecule has 6 nitrogen and oxygen atoms in total. The Bertz CT molecular complexity index is 573. The molecule has 1 heterocycles. The van der Waals surface area contributed by atoms with Gasteiger partial charge in [-0.15, -0.1) is 0 Å². The highest BCUT2D eigenvalue weighted by molar-refractivity contribution is 6.30. The van der Waals surface area contributed by atoms with Crippen LogP contribution in [0.4, 0.5) is 10.5 Å². The maximum Gasteiger partial charge on any atom is 0.312 e. The standard InChI is InChI=1S/C17H25ClN4O2/c1-2-3-7-15(20-17(19)24)16(23)22-10-8-21(9-11-22)14-6-4-5-13(18)12-14/h4-6,12,15H,2-3,7-11H2,1H3,(H3,19,20,24). The molecule has 1 saturated heterocycles. The van der Waals surface area contributed by atoms with E-state index in [1.54, 1.807) is 4.90 Å². The van der Waals surface area contributed by atoms with Crippen LogP contribution in [0, 0.1) is 0 Å². The number of benzene rings is 1. The topological polar surface area (TPSA) is 78.7 Å². The zero-order valence-corrected chi connectivity index (χ0v) is 14.8. The first-order valence-electron chi connectivity index (χ1n) is 8.36. The van der Waals surface area contributed by atoms with Gasteiger partial charge in [-0.25, -0.2) is 4.79 Å². The average molecular weight is 353 g/mol. The van der Waals surface area contributed by atoms with E-state index >= 15 is 0 Å². The number of nitrogens with zero attached hydrogens (tertiary/aromatic N) is 2. The second-order valence-electron chi connectivity index (χ2n) is 6.00. The summed E-state index contributed by atoms with van der Waals surface area (Å²) in [6, 6.07) is 6.53. The number of nitrogens with two attached hydrogens (primary N) is 1. The number of carbonyl (C=O) groups excluding carboxylic acids is 2. The number of primary amides is 1. The molecule has 7 heteroatoms. The summed E-state index contributed by atoms with van der Waals surface area (Å²) in [4.78, 5) is 27.8. The molecule has 0 spiro atoms. The molecule has 24 heavy (non-hydrogen) atoms. The predicted molar refractivity (Wildman–Crippen MR) is 96.3 cm³/mol. The Labute approximate surface area is 147 Å². The summed E-state index contributed by atoms with van der Waals surface area (Å²) >= 11 is 6.04. The van der Waals surface area contributed by atoms with E-state index in [2.05, 4.69) is 17.1 Å². The minimum Gasteiger partial charge on any atom is -0.368 e. The third-order valence-corrected chi connectivity index (χ3v) is 4.46. The van der Waals surface area contributed by atoms with Crippen molar-refractivity contribution in [1.82, 2.24) is 10.2 Å². The van der Waals surface area contributed by atoms with Gasteiger partial charge in [-0.05, 0) is 24.6 Å². The third-order valence-electron chi connectivity index (χ3n) is 4.23. The Hall–Kier alpha value is -1.95. The number of amides is 3. The van der Waals surface area contributed by atoms with Gasteiger partial charge in [0.25, 0.3) is 0 Å². The summed E-state index contributed by atoms with van der Waals surface area (Å²) in [6.45, 7) is 4.77.